The number of likely N-dealkylation sites (N-methyl/N-ethyl adjacent to an activating group) is 2. The summed E-state index contributed by atoms with van der Waals surface area (Å²) in [5.74, 6) is 0.556. The molecule has 2 aliphatic rings. The van der Waals surface area contributed by atoms with Gasteiger partial charge in [0.25, 0.3) is 0 Å². The van der Waals surface area contributed by atoms with Crippen LogP contribution in [-0.2, 0) is 9.84 Å². The SMILES string of the molecule is CN1CCCC(N(C)C2(CN)CCCS(=O)(=O)C2)C1. The first-order chi connectivity index (χ1) is 8.88. The van der Waals surface area contributed by atoms with Gasteiger partial charge < -0.3 is 10.6 Å². The lowest BCUT2D eigenvalue weighted by atomic mass is 9.90. The van der Waals surface area contributed by atoms with Crippen LogP contribution >= 0.6 is 0 Å². The van der Waals surface area contributed by atoms with Crippen molar-refractivity contribution in [1.29, 1.82) is 0 Å². The molecule has 0 aliphatic carbocycles. The molecule has 2 N–H and O–H groups in total. The number of hydrogen-bond acceptors (Lipinski definition) is 5. The monoisotopic (exact) mass is 289 g/mol. The van der Waals surface area contributed by atoms with E-state index in [-0.39, 0.29) is 11.3 Å². The standard InChI is InChI=1S/C13H27N3O2S/c1-15-7-3-5-12(9-15)16(2)13(10-14)6-4-8-19(17,18)11-13/h12H,3-11,14H2,1-2H3. The van der Waals surface area contributed by atoms with Gasteiger partial charge in [0.05, 0.1) is 11.5 Å². The molecule has 0 amide bonds. The summed E-state index contributed by atoms with van der Waals surface area (Å²) in [5, 5.41) is 0. The van der Waals surface area contributed by atoms with Crippen LogP contribution in [0.5, 0.6) is 0 Å². The van der Waals surface area contributed by atoms with Crippen LogP contribution in [0.4, 0.5) is 0 Å². The minimum Gasteiger partial charge on any atom is -0.329 e. The number of likely N-dealkylation sites (tertiary alicyclic amines) is 1. The van der Waals surface area contributed by atoms with Crippen LogP contribution in [0.2, 0.25) is 0 Å². The predicted molar refractivity (Wildman–Crippen MR) is 78.0 cm³/mol. The van der Waals surface area contributed by atoms with E-state index >= 15 is 0 Å². The van der Waals surface area contributed by atoms with E-state index in [9.17, 15) is 8.42 Å². The number of sulfone groups is 1. The molecule has 19 heavy (non-hydrogen) atoms. The summed E-state index contributed by atoms with van der Waals surface area (Å²) in [5.41, 5.74) is 5.63. The zero-order valence-electron chi connectivity index (χ0n) is 12.1. The third kappa shape index (κ3) is 3.29. The van der Waals surface area contributed by atoms with Gasteiger partial charge >= 0.3 is 0 Å². The van der Waals surface area contributed by atoms with Gasteiger partial charge in [-0.1, -0.05) is 0 Å². The van der Waals surface area contributed by atoms with Gasteiger partial charge in [0.2, 0.25) is 0 Å². The minimum absolute atomic E-state index is 0.229. The highest BCUT2D eigenvalue weighted by Crippen LogP contribution is 2.31. The zero-order valence-corrected chi connectivity index (χ0v) is 13.0. The normalized spacial score (nSPS) is 36.5. The maximum absolute atomic E-state index is 12.0. The van der Waals surface area contributed by atoms with Gasteiger partial charge in [-0.15, -0.1) is 0 Å². The van der Waals surface area contributed by atoms with E-state index in [1.54, 1.807) is 0 Å². The lowest BCUT2D eigenvalue weighted by Gasteiger charge is -2.49. The Morgan fingerprint density at radius 3 is 2.74 bits per heavy atom. The van der Waals surface area contributed by atoms with Gasteiger partial charge in [-0.05, 0) is 46.3 Å². The summed E-state index contributed by atoms with van der Waals surface area (Å²) >= 11 is 0. The van der Waals surface area contributed by atoms with Crippen LogP contribution in [0.25, 0.3) is 0 Å². The Morgan fingerprint density at radius 2 is 2.16 bits per heavy atom. The maximum Gasteiger partial charge on any atom is 0.152 e. The van der Waals surface area contributed by atoms with Crippen molar-refractivity contribution in [3.05, 3.63) is 0 Å². The molecule has 0 saturated carbocycles. The molecule has 2 saturated heterocycles. The Kier molecular flexibility index (Phi) is 4.55. The van der Waals surface area contributed by atoms with Crippen LogP contribution in [0, 0.1) is 0 Å². The highest BCUT2D eigenvalue weighted by Gasteiger charge is 2.43. The Bertz CT molecular complexity index is 412. The molecule has 2 unspecified atom stereocenters. The Morgan fingerprint density at radius 1 is 1.42 bits per heavy atom. The fourth-order valence-corrected chi connectivity index (χ4v) is 5.61. The topological polar surface area (TPSA) is 66.6 Å². The predicted octanol–water partition coefficient (Wildman–Crippen LogP) is -0.0815. The van der Waals surface area contributed by atoms with Crippen LogP contribution in [0.15, 0.2) is 0 Å². The largest absolute Gasteiger partial charge is 0.329 e. The Balaban J connectivity index is 2.15. The second-order valence-corrected chi connectivity index (χ2v) is 8.48. The van der Waals surface area contributed by atoms with Crippen LogP contribution < -0.4 is 5.73 Å². The quantitative estimate of drug-likeness (QED) is 0.787. The number of nitrogens with zero attached hydrogens (tertiary/aromatic N) is 2. The fraction of sp³-hybridized carbons (Fsp3) is 1.00. The van der Waals surface area contributed by atoms with Gasteiger partial charge in [-0.2, -0.15) is 0 Å². The summed E-state index contributed by atoms with van der Waals surface area (Å²) in [4.78, 5) is 4.60. The van der Waals surface area contributed by atoms with Crippen molar-refractivity contribution >= 4 is 9.84 Å². The molecule has 0 bridgehead atoms. The van der Waals surface area contributed by atoms with E-state index in [4.69, 9.17) is 5.73 Å². The summed E-state index contributed by atoms with van der Waals surface area (Å²) < 4.78 is 24.0. The molecule has 112 valence electrons. The van der Waals surface area contributed by atoms with Crippen LogP contribution in [0.1, 0.15) is 25.7 Å². The van der Waals surface area contributed by atoms with E-state index in [2.05, 4.69) is 23.9 Å². The van der Waals surface area contributed by atoms with Crippen molar-refractivity contribution in [3.63, 3.8) is 0 Å². The van der Waals surface area contributed by atoms with Crippen LogP contribution in [-0.4, -0.2) is 75.0 Å². The first-order valence-corrected chi connectivity index (χ1v) is 9.03. The van der Waals surface area contributed by atoms with E-state index in [0.717, 1.165) is 32.4 Å². The summed E-state index contributed by atoms with van der Waals surface area (Å²) in [6.45, 7) is 2.58. The van der Waals surface area contributed by atoms with E-state index in [0.29, 0.717) is 18.3 Å². The van der Waals surface area contributed by atoms with E-state index in [1.165, 1.54) is 6.42 Å². The third-order valence-electron chi connectivity index (χ3n) is 4.86. The Hall–Kier alpha value is -0.170. The summed E-state index contributed by atoms with van der Waals surface area (Å²) in [6.07, 6.45) is 3.97. The van der Waals surface area contributed by atoms with Crippen molar-refractivity contribution in [3.8, 4) is 0 Å². The van der Waals surface area contributed by atoms with Crippen molar-refractivity contribution < 1.29 is 8.42 Å². The molecule has 0 aromatic carbocycles. The third-order valence-corrected chi connectivity index (χ3v) is 6.75. The van der Waals surface area contributed by atoms with Gasteiger partial charge in [-0.3, -0.25) is 4.90 Å². The smallest absolute Gasteiger partial charge is 0.152 e. The molecule has 0 aromatic heterocycles. The molecular weight excluding hydrogens is 262 g/mol. The minimum atomic E-state index is -2.93. The molecule has 2 aliphatic heterocycles. The average Bonchev–Trinajstić information content (AvgIpc) is 2.36. The summed E-state index contributed by atoms with van der Waals surface area (Å²) in [6, 6.07) is 0.426. The lowest BCUT2D eigenvalue weighted by Crippen LogP contribution is -2.63. The van der Waals surface area contributed by atoms with Gasteiger partial charge in [0.15, 0.2) is 9.84 Å². The zero-order chi connectivity index (χ0) is 14.1. The lowest BCUT2D eigenvalue weighted by molar-refractivity contribution is 0.0430. The van der Waals surface area contributed by atoms with Crippen molar-refractivity contribution in [1.82, 2.24) is 9.80 Å². The van der Waals surface area contributed by atoms with Crippen molar-refractivity contribution in [2.45, 2.75) is 37.3 Å². The molecule has 5 nitrogen and oxygen atoms in total. The molecule has 0 aromatic rings. The van der Waals surface area contributed by atoms with Crippen molar-refractivity contribution in [2.24, 2.45) is 5.73 Å². The molecule has 6 heteroatoms. The second-order valence-electron chi connectivity index (χ2n) is 6.29. The second kappa shape index (κ2) is 5.68. The van der Waals surface area contributed by atoms with E-state index < -0.39 is 9.84 Å². The summed E-state index contributed by atoms with van der Waals surface area (Å²) in [7, 11) is 1.26. The molecule has 2 atom stereocenters. The highest BCUT2D eigenvalue weighted by atomic mass is 32.2. The molecule has 2 fully saturated rings. The number of hydrogen-bond donors (Lipinski definition) is 1. The van der Waals surface area contributed by atoms with Crippen molar-refractivity contribution in [2.75, 3.05) is 45.2 Å². The molecular formula is C13H27N3O2S. The first-order valence-electron chi connectivity index (χ1n) is 7.20. The van der Waals surface area contributed by atoms with Gasteiger partial charge in [0.1, 0.15) is 0 Å². The van der Waals surface area contributed by atoms with Crippen LogP contribution in [0.3, 0.4) is 0 Å². The maximum atomic E-state index is 12.0. The molecule has 0 spiro atoms. The first kappa shape index (κ1) is 15.2. The average molecular weight is 289 g/mol. The Labute approximate surface area is 117 Å². The molecule has 2 rings (SSSR count). The highest BCUT2D eigenvalue weighted by molar-refractivity contribution is 7.91. The number of rotatable bonds is 3. The number of piperidine rings is 1. The molecule has 2 heterocycles. The molecule has 0 radical (unpaired) electrons. The van der Waals surface area contributed by atoms with Gasteiger partial charge in [-0.25, -0.2) is 8.42 Å². The van der Waals surface area contributed by atoms with Gasteiger partial charge in [0, 0.05) is 24.7 Å². The fourth-order valence-electron chi connectivity index (χ4n) is 3.60. The van der Waals surface area contributed by atoms with E-state index in [1.807, 2.05) is 0 Å². The number of nitrogens with two attached hydrogens (primary N) is 1.